The van der Waals surface area contributed by atoms with E-state index >= 15 is 0 Å². The number of aliphatic imine (C=N–C) groups is 1. The van der Waals surface area contributed by atoms with Crippen molar-refractivity contribution in [1.29, 1.82) is 0 Å². The summed E-state index contributed by atoms with van der Waals surface area (Å²) in [5.41, 5.74) is 1.16. The fourth-order valence-corrected chi connectivity index (χ4v) is 4.51. The minimum absolute atomic E-state index is 0.111. The minimum Gasteiger partial charge on any atom is -0.299 e. The highest BCUT2D eigenvalue weighted by atomic mass is 16.2. The third kappa shape index (κ3) is 2.62. The molecule has 1 aliphatic carbocycles. The second kappa shape index (κ2) is 5.87. The SMILES string of the molecule is Cn1c2c(c(=O)n(C)c1=O)[C@@H](c1ccccc1)[C@H]1C(=O)CC(C)(C)CC1=N2. The number of fused-ring (bicyclic) bond motifs is 2. The average molecular weight is 365 g/mol. The normalized spacial score (nSPS) is 23.4. The number of carbonyl (C=O) groups is 1. The molecule has 27 heavy (non-hydrogen) atoms. The molecule has 0 N–H and O–H groups in total. The second-order valence-electron chi connectivity index (χ2n) is 8.40. The van der Waals surface area contributed by atoms with Crippen molar-refractivity contribution in [2.75, 3.05) is 0 Å². The standard InChI is InChI=1S/C21H23N3O3/c1-21(2)10-13-16(14(25)11-21)15(12-8-6-5-7-9-12)17-18(22-13)23(3)20(27)24(4)19(17)26/h5-9,15-16H,10-11H2,1-4H3/t15-,16+/m0/s1. The second-order valence-corrected chi connectivity index (χ2v) is 8.40. The highest BCUT2D eigenvalue weighted by Crippen LogP contribution is 2.47. The number of nitrogens with zero attached hydrogens (tertiary/aromatic N) is 3. The predicted molar refractivity (Wildman–Crippen MR) is 104 cm³/mol. The first kappa shape index (κ1) is 17.6. The van der Waals surface area contributed by atoms with Crippen molar-refractivity contribution >= 4 is 17.3 Å². The first-order valence-corrected chi connectivity index (χ1v) is 9.16. The molecule has 2 aliphatic rings. The summed E-state index contributed by atoms with van der Waals surface area (Å²) < 4.78 is 2.52. The van der Waals surface area contributed by atoms with Crippen LogP contribution in [0.5, 0.6) is 0 Å². The average Bonchev–Trinajstić information content (AvgIpc) is 2.62. The van der Waals surface area contributed by atoms with Gasteiger partial charge in [-0.2, -0.15) is 0 Å². The van der Waals surface area contributed by atoms with Gasteiger partial charge in [0, 0.05) is 32.1 Å². The van der Waals surface area contributed by atoms with Crippen LogP contribution in [0.15, 0.2) is 44.9 Å². The van der Waals surface area contributed by atoms with E-state index in [1.165, 1.54) is 11.6 Å². The Morgan fingerprint density at radius 3 is 2.30 bits per heavy atom. The number of aromatic nitrogens is 2. The van der Waals surface area contributed by atoms with Crippen LogP contribution >= 0.6 is 0 Å². The maximum absolute atomic E-state index is 13.1. The van der Waals surface area contributed by atoms with Crippen LogP contribution in [-0.2, 0) is 18.9 Å². The summed E-state index contributed by atoms with van der Waals surface area (Å²) in [5.74, 6) is -0.366. The lowest BCUT2D eigenvalue weighted by Gasteiger charge is -2.40. The molecule has 1 aliphatic heterocycles. The molecule has 1 fully saturated rings. The van der Waals surface area contributed by atoms with Crippen LogP contribution in [0.1, 0.15) is 43.7 Å². The van der Waals surface area contributed by atoms with Crippen LogP contribution in [0.2, 0.25) is 0 Å². The van der Waals surface area contributed by atoms with E-state index in [-0.39, 0.29) is 16.8 Å². The number of Topliss-reactive ketones (excluding diaryl/α,β-unsaturated/α-hetero) is 1. The summed E-state index contributed by atoms with van der Waals surface area (Å²) in [6.07, 6.45) is 1.14. The Morgan fingerprint density at radius 2 is 1.63 bits per heavy atom. The molecule has 6 heteroatoms. The van der Waals surface area contributed by atoms with Gasteiger partial charge >= 0.3 is 5.69 Å². The zero-order valence-corrected chi connectivity index (χ0v) is 16.0. The first-order chi connectivity index (χ1) is 12.7. The molecule has 2 heterocycles. The zero-order valence-electron chi connectivity index (χ0n) is 16.0. The van der Waals surface area contributed by atoms with Crippen molar-refractivity contribution < 1.29 is 4.79 Å². The third-order valence-electron chi connectivity index (χ3n) is 5.74. The van der Waals surface area contributed by atoms with Crippen LogP contribution in [0.3, 0.4) is 0 Å². The summed E-state index contributed by atoms with van der Waals surface area (Å²) in [7, 11) is 3.10. The van der Waals surface area contributed by atoms with E-state index < -0.39 is 17.5 Å². The maximum atomic E-state index is 13.1. The van der Waals surface area contributed by atoms with E-state index in [1.54, 1.807) is 7.05 Å². The van der Waals surface area contributed by atoms with Crippen molar-refractivity contribution in [3.8, 4) is 0 Å². The molecule has 0 saturated heterocycles. The number of carbonyl (C=O) groups excluding carboxylic acids is 1. The van der Waals surface area contributed by atoms with Gasteiger partial charge in [0.05, 0.1) is 11.5 Å². The lowest BCUT2D eigenvalue weighted by atomic mass is 9.64. The summed E-state index contributed by atoms with van der Waals surface area (Å²) >= 11 is 0. The highest BCUT2D eigenvalue weighted by molar-refractivity contribution is 6.11. The fourth-order valence-electron chi connectivity index (χ4n) is 4.51. The topological polar surface area (TPSA) is 73.4 Å². The third-order valence-corrected chi connectivity index (χ3v) is 5.74. The fraction of sp³-hybridized carbons (Fsp3) is 0.429. The van der Waals surface area contributed by atoms with Gasteiger partial charge in [0.25, 0.3) is 5.56 Å². The van der Waals surface area contributed by atoms with Crippen molar-refractivity contribution in [2.45, 2.75) is 32.6 Å². The van der Waals surface area contributed by atoms with E-state index in [1.807, 2.05) is 30.3 Å². The number of ketones is 1. The molecule has 140 valence electrons. The molecule has 6 nitrogen and oxygen atoms in total. The van der Waals surface area contributed by atoms with Gasteiger partial charge in [0.15, 0.2) is 0 Å². The van der Waals surface area contributed by atoms with Gasteiger partial charge in [0.1, 0.15) is 11.6 Å². The Kier molecular flexibility index (Phi) is 3.84. The van der Waals surface area contributed by atoms with Crippen molar-refractivity contribution in [1.82, 2.24) is 9.13 Å². The monoisotopic (exact) mass is 365 g/mol. The minimum atomic E-state index is -0.446. The van der Waals surface area contributed by atoms with Crippen molar-refractivity contribution in [3.63, 3.8) is 0 Å². The molecule has 0 bridgehead atoms. The first-order valence-electron chi connectivity index (χ1n) is 9.16. The molecule has 1 saturated carbocycles. The van der Waals surface area contributed by atoms with E-state index in [4.69, 9.17) is 4.99 Å². The van der Waals surface area contributed by atoms with E-state index in [9.17, 15) is 14.4 Å². The number of rotatable bonds is 1. The van der Waals surface area contributed by atoms with Gasteiger partial charge in [-0.05, 0) is 17.4 Å². The van der Waals surface area contributed by atoms with Gasteiger partial charge in [-0.1, -0.05) is 44.2 Å². The predicted octanol–water partition coefficient (Wildman–Crippen LogP) is 2.31. The molecular weight excluding hydrogens is 342 g/mol. The largest absolute Gasteiger partial charge is 0.332 e. The lowest BCUT2D eigenvalue weighted by molar-refractivity contribution is -0.124. The molecule has 1 aromatic heterocycles. The Morgan fingerprint density at radius 1 is 0.963 bits per heavy atom. The van der Waals surface area contributed by atoms with Gasteiger partial charge in [-0.25, -0.2) is 9.79 Å². The van der Waals surface area contributed by atoms with E-state index in [0.717, 1.165) is 15.8 Å². The van der Waals surface area contributed by atoms with Crippen LogP contribution in [0.4, 0.5) is 5.82 Å². The van der Waals surface area contributed by atoms with Crippen LogP contribution < -0.4 is 11.2 Å². The molecule has 0 radical (unpaired) electrons. The summed E-state index contributed by atoms with van der Waals surface area (Å²) in [4.78, 5) is 43.3. The van der Waals surface area contributed by atoms with Gasteiger partial charge in [-0.3, -0.25) is 18.7 Å². The Hall–Kier alpha value is -2.76. The Balaban J connectivity index is 2.08. The van der Waals surface area contributed by atoms with Crippen LogP contribution in [-0.4, -0.2) is 20.6 Å². The molecule has 1 aromatic carbocycles. The van der Waals surface area contributed by atoms with Crippen molar-refractivity contribution in [2.24, 2.45) is 30.4 Å². The number of benzene rings is 1. The highest BCUT2D eigenvalue weighted by Gasteiger charge is 2.47. The van der Waals surface area contributed by atoms with Crippen LogP contribution in [0, 0.1) is 11.3 Å². The number of hydrogen-bond acceptors (Lipinski definition) is 4. The zero-order chi connectivity index (χ0) is 19.5. The maximum Gasteiger partial charge on any atom is 0.332 e. The smallest absolute Gasteiger partial charge is 0.299 e. The quantitative estimate of drug-likeness (QED) is 0.778. The molecule has 0 spiro atoms. The molecule has 2 atom stereocenters. The molecule has 4 rings (SSSR count). The molecule has 0 unspecified atom stereocenters. The summed E-state index contributed by atoms with van der Waals surface area (Å²) in [6.45, 7) is 4.11. The molecule has 0 amide bonds. The Labute approximate surface area is 157 Å². The van der Waals surface area contributed by atoms with Crippen LogP contribution in [0.25, 0.3) is 0 Å². The summed E-state index contributed by atoms with van der Waals surface area (Å²) in [6, 6.07) is 9.60. The van der Waals surface area contributed by atoms with Gasteiger partial charge in [0.2, 0.25) is 0 Å². The Bertz CT molecular complexity index is 1090. The van der Waals surface area contributed by atoms with Crippen molar-refractivity contribution in [3.05, 3.63) is 62.3 Å². The van der Waals surface area contributed by atoms with Gasteiger partial charge in [-0.15, -0.1) is 0 Å². The van der Waals surface area contributed by atoms with E-state index in [2.05, 4.69) is 13.8 Å². The van der Waals surface area contributed by atoms with E-state index in [0.29, 0.717) is 24.2 Å². The molecular formula is C21H23N3O3. The number of hydrogen-bond donors (Lipinski definition) is 0. The summed E-state index contributed by atoms with van der Waals surface area (Å²) in [5, 5.41) is 0. The van der Waals surface area contributed by atoms with Gasteiger partial charge < -0.3 is 0 Å². The lowest BCUT2D eigenvalue weighted by Crippen LogP contribution is -2.47. The molecule has 2 aromatic rings.